The maximum Gasteiger partial charge on any atom is 0.407 e. The van der Waals surface area contributed by atoms with Crippen LogP contribution in [0.1, 0.15) is 22.7 Å². The Morgan fingerprint density at radius 3 is 2.19 bits per heavy atom. The molecule has 3 aromatic rings. The van der Waals surface area contributed by atoms with E-state index in [1.165, 1.54) is 12.3 Å². The average Bonchev–Trinajstić information content (AvgIpc) is 3.11. The van der Waals surface area contributed by atoms with E-state index in [0.29, 0.717) is 11.4 Å². The highest BCUT2D eigenvalue weighted by Crippen LogP contribution is 2.44. The number of carbonyl (C=O) groups excluding carboxylic acids is 2. The number of amides is 2. The number of carboxylic acids is 1. The third-order valence-corrected chi connectivity index (χ3v) is 5.18. The van der Waals surface area contributed by atoms with E-state index in [1.54, 1.807) is 6.07 Å². The number of benzene rings is 2. The van der Waals surface area contributed by atoms with E-state index in [0.717, 1.165) is 22.3 Å². The van der Waals surface area contributed by atoms with Gasteiger partial charge in [0, 0.05) is 5.92 Å². The van der Waals surface area contributed by atoms with E-state index < -0.39 is 18.0 Å². The summed E-state index contributed by atoms with van der Waals surface area (Å²) in [7, 11) is 0. The second-order valence-electron chi connectivity index (χ2n) is 7.34. The molecule has 4 rings (SSSR count). The molecule has 2 amide bonds. The van der Waals surface area contributed by atoms with Gasteiger partial charge in [-0.1, -0.05) is 48.5 Å². The molecular weight excluding hydrogens is 410 g/mol. The van der Waals surface area contributed by atoms with Crippen molar-refractivity contribution in [3.05, 3.63) is 83.7 Å². The molecule has 32 heavy (non-hydrogen) atoms. The summed E-state index contributed by atoms with van der Waals surface area (Å²) in [5, 5.41) is 13.8. The van der Waals surface area contributed by atoms with Crippen LogP contribution < -0.4 is 10.6 Å². The summed E-state index contributed by atoms with van der Waals surface area (Å²) in [4.78, 5) is 38.9. The number of pyridine rings is 1. The van der Waals surface area contributed by atoms with Crippen LogP contribution in [0.4, 0.5) is 10.5 Å². The fourth-order valence-electron chi connectivity index (χ4n) is 3.77. The second kappa shape index (κ2) is 9.30. The fraction of sp³-hybridized carbons (Fsp3) is 0.167. The van der Waals surface area contributed by atoms with Crippen molar-refractivity contribution in [1.82, 2.24) is 10.3 Å². The van der Waals surface area contributed by atoms with Gasteiger partial charge in [-0.15, -0.1) is 0 Å². The quantitative estimate of drug-likeness (QED) is 0.529. The molecule has 0 radical (unpaired) electrons. The standard InChI is InChI=1S/C24H21N3O5/c28-22(27-16-10-9-15(25-12-16)11-23(29)30)13-26-24(31)32-14-21-19-7-3-1-5-17(19)18-6-2-4-8-20(18)21/h1-10,12,21H,11,13-14H2,(H,26,31)(H,27,28)(H,29,30). The van der Waals surface area contributed by atoms with E-state index in [-0.39, 0.29) is 25.5 Å². The molecule has 2 aromatic carbocycles. The predicted molar refractivity (Wildman–Crippen MR) is 117 cm³/mol. The van der Waals surface area contributed by atoms with Gasteiger partial charge in [-0.25, -0.2) is 4.79 Å². The van der Waals surface area contributed by atoms with E-state index in [9.17, 15) is 14.4 Å². The van der Waals surface area contributed by atoms with Gasteiger partial charge in [0.05, 0.1) is 24.0 Å². The van der Waals surface area contributed by atoms with Crippen molar-refractivity contribution in [3.8, 4) is 11.1 Å². The molecule has 0 bridgehead atoms. The molecule has 0 aliphatic heterocycles. The number of nitrogens with one attached hydrogen (secondary N) is 2. The summed E-state index contributed by atoms with van der Waals surface area (Å²) >= 11 is 0. The molecule has 8 nitrogen and oxygen atoms in total. The van der Waals surface area contributed by atoms with Gasteiger partial charge in [-0.3, -0.25) is 14.6 Å². The lowest BCUT2D eigenvalue weighted by Gasteiger charge is -2.14. The maximum absolute atomic E-state index is 12.1. The Balaban J connectivity index is 1.28. The Hall–Kier alpha value is -4.20. The number of nitrogens with zero attached hydrogens (tertiary/aromatic N) is 1. The van der Waals surface area contributed by atoms with Gasteiger partial charge in [-0.05, 0) is 34.4 Å². The van der Waals surface area contributed by atoms with Crippen LogP contribution in [0.15, 0.2) is 66.9 Å². The highest BCUT2D eigenvalue weighted by molar-refractivity contribution is 5.93. The zero-order valence-electron chi connectivity index (χ0n) is 17.1. The lowest BCUT2D eigenvalue weighted by atomic mass is 9.98. The number of anilines is 1. The number of ether oxygens (including phenoxy) is 1. The third kappa shape index (κ3) is 4.75. The summed E-state index contributed by atoms with van der Waals surface area (Å²) in [6, 6.07) is 19.1. The van der Waals surface area contributed by atoms with E-state index >= 15 is 0 Å². The van der Waals surface area contributed by atoms with Crippen LogP contribution in [-0.2, 0) is 20.7 Å². The summed E-state index contributed by atoms with van der Waals surface area (Å²) in [6.45, 7) is -0.107. The number of aliphatic carboxylic acids is 1. The Labute approximate surface area is 184 Å². The number of carbonyl (C=O) groups is 3. The van der Waals surface area contributed by atoms with Crippen molar-refractivity contribution in [3.63, 3.8) is 0 Å². The smallest absolute Gasteiger partial charge is 0.407 e. The van der Waals surface area contributed by atoms with Gasteiger partial charge in [0.25, 0.3) is 0 Å². The number of hydrogen-bond acceptors (Lipinski definition) is 5. The molecule has 1 aliphatic carbocycles. The van der Waals surface area contributed by atoms with Crippen molar-refractivity contribution >= 4 is 23.7 Å². The first kappa shape index (κ1) is 21.0. The molecule has 0 fully saturated rings. The normalized spacial score (nSPS) is 11.9. The Morgan fingerprint density at radius 2 is 1.59 bits per heavy atom. The Kier molecular flexibility index (Phi) is 6.12. The lowest BCUT2D eigenvalue weighted by molar-refractivity contribution is -0.136. The first-order valence-electron chi connectivity index (χ1n) is 10.1. The minimum atomic E-state index is -0.985. The van der Waals surface area contributed by atoms with Gasteiger partial charge in [-0.2, -0.15) is 0 Å². The molecule has 0 saturated heterocycles. The van der Waals surface area contributed by atoms with E-state index in [4.69, 9.17) is 9.84 Å². The van der Waals surface area contributed by atoms with Crippen LogP contribution in [0.5, 0.6) is 0 Å². The number of fused-ring (bicyclic) bond motifs is 3. The molecule has 0 spiro atoms. The van der Waals surface area contributed by atoms with Gasteiger partial charge in [0.15, 0.2) is 0 Å². The SMILES string of the molecule is O=C(O)Cc1ccc(NC(=O)CNC(=O)OCC2c3ccccc3-c3ccccc32)cn1. The van der Waals surface area contributed by atoms with Crippen LogP contribution in [0.25, 0.3) is 11.1 Å². The molecule has 0 atom stereocenters. The third-order valence-electron chi connectivity index (χ3n) is 5.18. The van der Waals surface area contributed by atoms with E-state index in [1.807, 2.05) is 36.4 Å². The second-order valence-corrected chi connectivity index (χ2v) is 7.34. The van der Waals surface area contributed by atoms with Crippen LogP contribution >= 0.6 is 0 Å². The van der Waals surface area contributed by atoms with Gasteiger partial charge in [0.1, 0.15) is 13.2 Å². The number of rotatable bonds is 7. The van der Waals surface area contributed by atoms with Crippen LogP contribution in [0.3, 0.4) is 0 Å². The monoisotopic (exact) mass is 431 g/mol. The molecule has 0 saturated carbocycles. The van der Waals surface area contributed by atoms with Crippen LogP contribution in [-0.4, -0.2) is 41.2 Å². The van der Waals surface area contributed by atoms with Crippen molar-refractivity contribution in [2.24, 2.45) is 0 Å². The first-order valence-corrected chi connectivity index (χ1v) is 10.1. The summed E-state index contributed by atoms with van der Waals surface area (Å²) < 4.78 is 5.39. The highest BCUT2D eigenvalue weighted by atomic mass is 16.5. The van der Waals surface area contributed by atoms with Crippen molar-refractivity contribution in [2.75, 3.05) is 18.5 Å². The number of alkyl carbamates (subject to hydrolysis) is 1. The maximum atomic E-state index is 12.1. The molecule has 3 N–H and O–H groups in total. The van der Waals surface area contributed by atoms with Gasteiger partial charge >= 0.3 is 12.1 Å². The predicted octanol–water partition coefficient (Wildman–Crippen LogP) is 3.19. The molecule has 1 aliphatic rings. The molecule has 1 aromatic heterocycles. The fourth-order valence-corrected chi connectivity index (χ4v) is 3.77. The zero-order valence-corrected chi connectivity index (χ0v) is 17.1. The zero-order chi connectivity index (χ0) is 22.5. The van der Waals surface area contributed by atoms with Gasteiger partial charge < -0.3 is 20.5 Å². The minimum absolute atomic E-state index is 0.0580. The minimum Gasteiger partial charge on any atom is -0.481 e. The van der Waals surface area contributed by atoms with Crippen LogP contribution in [0.2, 0.25) is 0 Å². The number of hydrogen-bond donors (Lipinski definition) is 3. The highest BCUT2D eigenvalue weighted by Gasteiger charge is 2.29. The van der Waals surface area contributed by atoms with Crippen LogP contribution in [0, 0.1) is 0 Å². The molecule has 8 heteroatoms. The van der Waals surface area contributed by atoms with Crippen molar-refractivity contribution in [2.45, 2.75) is 12.3 Å². The molecule has 1 heterocycles. The number of carboxylic acid groups (broad SMARTS) is 1. The van der Waals surface area contributed by atoms with Crippen molar-refractivity contribution in [1.29, 1.82) is 0 Å². The first-order chi connectivity index (χ1) is 15.5. The Bertz CT molecular complexity index is 1110. The topological polar surface area (TPSA) is 118 Å². The lowest BCUT2D eigenvalue weighted by Crippen LogP contribution is -2.34. The Morgan fingerprint density at radius 1 is 0.938 bits per heavy atom. The summed E-state index contributed by atoms with van der Waals surface area (Å²) in [6.07, 6.45) is 0.484. The summed E-state index contributed by atoms with van der Waals surface area (Å²) in [5.41, 5.74) is 5.28. The number of aromatic nitrogens is 1. The van der Waals surface area contributed by atoms with Gasteiger partial charge in [0.2, 0.25) is 5.91 Å². The largest absolute Gasteiger partial charge is 0.481 e. The molecule has 162 valence electrons. The summed E-state index contributed by atoms with van der Waals surface area (Å²) in [5.74, 6) is -1.50. The van der Waals surface area contributed by atoms with Crippen molar-refractivity contribution < 1.29 is 24.2 Å². The molecular formula is C24H21N3O5. The van der Waals surface area contributed by atoms with E-state index in [2.05, 4.69) is 27.8 Å². The average molecular weight is 431 g/mol. The molecule has 0 unspecified atom stereocenters.